The van der Waals surface area contributed by atoms with Gasteiger partial charge in [-0.2, -0.15) is 13.2 Å². The molecule has 0 amide bonds. The molecule has 0 saturated heterocycles. The number of aryl methyl sites for hydroxylation is 1. The Hall–Kier alpha value is -1.40. The standard InChI is InChI=1S/C13H8F3NS2/c1-7-6-19-10-5-8(13(14,15)16)4-9(11(7)10)12-17-2-3-18-12/h2-6H,1H3. The van der Waals surface area contributed by atoms with Gasteiger partial charge in [0.15, 0.2) is 0 Å². The molecule has 0 aliphatic carbocycles. The Bertz CT molecular complexity index is 726. The summed E-state index contributed by atoms with van der Waals surface area (Å²) in [6.07, 6.45) is -2.73. The lowest BCUT2D eigenvalue weighted by molar-refractivity contribution is -0.137. The lowest BCUT2D eigenvalue weighted by atomic mass is 10.0. The Labute approximate surface area is 115 Å². The van der Waals surface area contributed by atoms with Gasteiger partial charge in [-0.3, -0.25) is 0 Å². The minimum absolute atomic E-state index is 0.568. The Kier molecular flexibility index (Phi) is 2.87. The molecule has 1 nitrogen and oxygen atoms in total. The number of alkyl halides is 3. The summed E-state index contributed by atoms with van der Waals surface area (Å²) in [6, 6.07) is 2.41. The monoisotopic (exact) mass is 299 g/mol. The molecule has 2 aromatic heterocycles. The van der Waals surface area contributed by atoms with Crippen molar-refractivity contribution in [1.29, 1.82) is 0 Å². The van der Waals surface area contributed by atoms with Crippen LogP contribution in [0, 0.1) is 6.92 Å². The second-order valence-corrected chi connectivity index (χ2v) is 5.96. The highest BCUT2D eigenvalue weighted by molar-refractivity contribution is 7.17. The van der Waals surface area contributed by atoms with Crippen LogP contribution in [0.15, 0.2) is 29.1 Å². The maximum Gasteiger partial charge on any atom is 0.416 e. The van der Waals surface area contributed by atoms with Crippen molar-refractivity contribution in [2.24, 2.45) is 0 Å². The molecule has 0 radical (unpaired) electrons. The lowest BCUT2D eigenvalue weighted by Crippen LogP contribution is -2.04. The van der Waals surface area contributed by atoms with Crippen LogP contribution in [0.25, 0.3) is 20.7 Å². The van der Waals surface area contributed by atoms with E-state index < -0.39 is 11.7 Å². The van der Waals surface area contributed by atoms with Gasteiger partial charge in [0.1, 0.15) is 5.01 Å². The SMILES string of the molecule is Cc1csc2cc(C(F)(F)F)cc(-c3nccs3)c12. The molecule has 98 valence electrons. The van der Waals surface area contributed by atoms with Crippen LogP contribution in [-0.4, -0.2) is 4.98 Å². The number of halogens is 3. The van der Waals surface area contributed by atoms with Gasteiger partial charge in [0.2, 0.25) is 0 Å². The van der Waals surface area contributed by atoms with Crippen LogP contribution in [0.4, 0.5) is 13.2 Å². The predicted molar refractivity (Wildman–Crippen MR) is 72.7 cm³/mol. The molecule has 0 fully saturated rings. The number of nitrogens with zero attached hydrogens (tertiary/aromatic N) is 1. The fourth-order valence-corrected chi connectivity index (χ4v) is 3.68. The molecule has 0 aliphatic heterocycles. The van der Waals surface area contributed by atoms with Crippen LogP contribution < -0.4 is 0 Å². The number of fused-ring (bicyclic) bond motifs is 1. The van der Waals surface area contributed by atoms with E-state index in [0.717, 1.165) is 10.9 Å². The topological polar surface area (TPSA) is 12.9 Å². The van der Waals surface area contributed by atoms with E-state index in [1.54, 1.807) is 11.6 Å². The summed E-state index contributed by atoms with van der Waals surface area (Å²) >= 11 is 2.68. The third kappa shape index (κ3) is 2.15. The molecule has 0 aliphatic rings. The van der Waals surface area contributed by atoms with E-state index in [1.165, 1.54) is 34.8 Å². The second kappa shape index (κ2) is 4.31. The van der Waals surface area contributed by atoms with Gasteiger partial charge < -0.3 is 0 Å². The third-order valence-corrected chi connectivity index (χ3v) is 4.70. The average molecular weight is 299 g/mol. The fourth-order valence-electron chi connectivity index (χ4n) is 2.01. The van der Waals surface area contributed by atoms with Crippen molar-refractivity contribution >= 4 is 32.8 Å². The van der Waals surface area contributed by atoms with Crippen LogP contribution in [0.5, 0.6) is 0 Å². The predicted octanol–water partition coefficient (Wildman–Crippen LogP) is 5.35. The van der Waals surface area contributed by atoms with E-state index in [1.807, 2.05) is 12.3 Å². The Morgan fingerprint density at radius 2 is 1.95 bits per heavy atom. The number of thiazole rings is 1. The van der Waals surface area contributed by atoms with E-state index in [4.69, 9.17) is 0 Å². The molecule has 0 spiro atoms. The molecule has 0 unspecified atom stereocenters. The molecule has 19 heavy (non-hydrogen) atoms. The fraction of sp³-hybridized carbons (Fsp3) is 0.154. The van der Waals surface area contributed by atoms with Crippen LogP contribution in [0.2, 0.25) is 0 Å². The van der Waals surface area contributed by atoms with Gasteiger partial charge in [0.25, 0.3) is 0 Å². The number of hydrogen-bond acceptors (Lipinski definition) is 3. The first-order valence-electron chi connectivity index (χ1n) is 5.46. The van der Waals surface area contributed by atoms with Crippen molar-refractivity contribution < 1.29 is 13.2 Å². The van der Waals surface area contributed by atoms with E-state index in [-0.39, 0.29) is 0 Å². The Morgan fingerprint density at radius 3 is 2.58 bits per heavy atom. The summed E-state index contributed by atoms with van der Waals surface area (Å²) in [4.78, 5) is 4.14. The lowest BCUT2D eigenvalue weighted by Gasteiger charge is -2.09. The van der Waals surface area contributed by atoms with Gasteiger partial charge >= 0.3 is 6.18 Å². The van der Waals surface area contributed by atoms with Crippen LogP contribution >= 0.6 is 22.7 Å². The van der Waals surface area contributed by atoms with E-state index in [9.17, 15) is 13.2 Å². The molecule has 3 aromatic rings. The first-order chi connectivity index (χ1) is 8.97. The molecule has 6 heteroatoms. The van der Waals surface area contributed by atoms with Crippen molar-refractivity contribution in [2.75, 3.05) is 0 Å². The first kappa shape index (κ1) is 12.6. The minimum Gasteiger partial charge on any atom is -0.245 e. The Morgan fingerprint density at radius 1 is 1.16 bits per heavy atom. The van der Waals surface area contributed by atoms with Gasteiger partial charge in [0.05, 0.1) is 5.56 Å². The Balaban J connectivity index is 2.37. The molecule has 0 atom stereocenters. The first-order valence-corrected chi connectivity index (χ1v) is 7.21. The van der Waals surface area contributed by atoms with Crippen molar-refractivity contribution in [1.82, 2.24) is 4.98 Å². The molecular formula is C13H8F3NS2. The number of aromatic nitrogens is 1. The zero-order valence-electron chi connectivity index (χ0n) is 9.78. The number of thiophene rings is 1. The average Bonchev–Trinajstić information content (AvgIpc) is 2.97. The van der Waals surface area contributed by atoms with Gasteiger partial charge in [-0.1, -0.05) is 0 Å². The summed E-state index contributed by atoms with van der Waals surface area (Å²) in [5, 5.41) is 5.14. The molecular weight excluding hydrogens is 291 g/mol. The van der Waals surface area contributed by atoms with Crippen LogP contribution in [0.1, 0.15) is 11.1 Å². The molecule has 0 bridgehead atoms. The van der Waals surface area contributed by atoms with Crippen molar-refractivity contribution in [3.8, 4) is 10.6 Å². The van der Waals surface area contributed by atoms with E-state index in [0.29, 0.717) is 15.3 Å². The highest BCUT2D eigenvalue weighted by Crippen LogP contribution is 2.41. The highest BCUT2D eigenvalue weighted by atomic mass is 32.1. The second-order valence-electron chi connectivity index (χ2n) is 4.15. The van der Waals surface area contributed by atoms with Gasteiger partial charge in [-0.05, 0) is 30.0 Å². The molecule has 0 saturated carbocycles. The molecule has 1 aromatic carbocycles. The quantitative estimate of drug-likeness (QED) is 0.590. The molecule has 3 rings (SSSR count). The van der Waals surface area contributed by atoms with Gasteiger partial charge in [-0.15, -0.1) is 22.7 Å². The van der Waals surface area contributed by atoms with E-state index in [2.05, 4.69) is 4.98 Å². The third-order valence-electron chi connectivity index (χ3n) is 2.85. The van der Waals surface area contributed by atoms with Crippen LogP contribution in [-0.2, 0) is 6.18 Å². The van der Waals surface area contributed by atoms with Gasteiger partial charge in [-0.25, -0.2) is 4.98 Å². The van der Waals surface area contributed by atoms with Crippen LogP contribution in [0.3, 0.4) is 0 Å². The smallest absolute Gasteiger partial charge is 0.245 e. The summed E-state index contributed by atoms with van der Waals surface area (Å²) in [7, 11) is 0. The largest absolute Gasteiger partial charge is 0.416 e. The zero-order valence-corrected chi connectivity index (χ0v) is 11.4. The van der Waals surface area contributed by atoms with Gasteiger partial charge in [0, 0.05) is 27.2 Å². The maximum atomic E-state index is 12.9. The maximum absolute atomic E-state index is 12.9. The highest BCUT2D eigenvalue weighted by Gasteiger charge is 2.32. The number of hydrogen-bond donors (Lipinski definition) is 0. The normalized spacial score (nSPS) is 12.2. The van der Waals surface area contributed by atoms with Crippen molar-refractivity contribution in [2.45, 2.75) is 13.1 Å². The van der Waals surface area contributed by atoms with E-state index >= 15 is 0 Å². The number of benzene rings is 1. The summed E-state index contributed by atoms with van der Waals surface area (Å²) in [5.41, 5.74) is 0.935. The summed E-state index contributed by atoms with van der Waals surface area (Å²) in [5.74, 6) is 0. The minimum atomic E-state index is -4.34. The summed E-state index contributed by atoms with van der Waals surface area (Å²) < 4.78 is 39.4. The molecule has 0 N–H and O–H groups in total. The summed E-state index contributed by atoms with van der Waals surface area (Å²) in [6.45, 7) is 1.91. The van der Waals surface area contributed by atoms with Crippen molar-refractivity contribution in [3.63, 3.8) is 0 Å². The zero-order chi connectivity index (χ0) is 13.6. The van der Waals surface area contributed by atoms with Crippen molar-refractivity contribution in [3.05, 3.63) is 40.2 Å². The number of rotatable bonds is 1. The molecule has 2 heterocycles.